The third-order valence-corrected chi connectivity index (χ3v) is 11.3. The number of aliphatic carboxylic acids is 1. The van der Waals surface area contributed by atoms with Gasteiger partial charge in [0.1, 0.15) is 12.6 Å². The minimum Gasteiger partial charge on any atom is -0.544 e. The maximum atomic E-state index is 12.8. The molecule has 0 bridgehead atoms. The summed E-state index contributed by atoms with van der Waals surface area (Å²) in [6.45, 7) is 4.67. The zero-order valence-corrected chi connectivity index (χ0v) is 39.4. The number of quaternary nitrogens is 1. The van der Waals surface area contributed by atoms with E-state index < -0.39 is 18.1 Å². The Labute approximate surface area is 364 Å². The Morgan fingerprint density at radius 1 is 0.492 bits per heavy atom. The van der Waals surface area contributed by atoms with Crippen molar-refractivity contribution in [1.82, 2.24) is 0 Å². The van der Waals surface area contributed by atoms with Gasteiger partial charge in [-0.05, 0) is 64.2 Å². The zero-order valence-electron chi connectivity index (χ0n) is 39.4. The van der Waals surface area contributed by atoms with E-state index in [4.69, 9.17) is 14.2 Å². The van der Waals surface area contributed by atoms with Gasteiger partial charge in [0, 0.05) is 19.3 Å². The summed E-state index contributed by atoms with van der Waals surface area (Å²) in [6.07, 6.45) is 47.7. The lowest BCUT2D eigenvalue weighted by atomic mass is 10.1. The van der Waals surface area contributed by atoms with E-state index in [2.05, 4.69) is 38.2 Å². The van der Waals surface area contributed by atoms with Crippen LogP contribution in [0.3, 0.4) is 0 Å². The first-order valence-electron chi connectivity index (χ1n) is 24.9. The summed E-state index contributed by atoms with van der Waals surface area (Å²) < 4.78 is 17.2. The minimum atomic E-state index is -1.12. The van der Waals surface area contributed by atoms with Crippen LogP contribution >= 0.6 is 0 Å². The summed E-state index contributed by atoms with van der Waals surface area (Å²) in [6, 6.07) is -0.726. The third kappa shape index (κ3) is 41.0. The number of allylic oxidation sites excluding steroid dienone is 4. The molecule has 0 aliphatic rings. The van der Waals surface area contributed by atoms with E-state index in [-0.39, 0.29) is 42.7 Å². The molecule has 0 heterocycles. The molecular weight excluding hydrogens is 739 g/mol. The molecule has 0 fully saturated rings. The van der Waals surface area contributed by atoms with E-state index in [9.17, 15) is 19.5 Å². The van der Waals surface area contributed by atoms with Crippen LogP contribution in [0.15, 0.2) is 24.3 Å². The minimum absolute atomic E-state index is 0.0392. The highest BCUT2D eigenvalue weighted by molar-refractivity contribution is 5.70. The van der Waals surface area contributed by atoms with Gasteiger partial charge in [0.25, 0.3) is 0 Å². The first-order valence-corrected chi connectivity index (χ1v) is 24.9. The Bertz CT molecular complexity index is 1020. The highest BCUT2D eigenvalue weighted by Gasteiger charge is 2.25. The Hall–Kier alpha value is -2.19. The van der Waals surface area contributed by atoms with Crippen LogP contribution in [0.1, 0.15) is 232 Å². The van der Waals surface area contributed by atoms with Crippen molar-refractivity contribution in [2.75, 3.05) is 41.0 Å². The summed E-state index contributed by atoms with van der Waals surface area (Å²) in [5.74, 6) is -1.74. The second kappa shape index (κ2) is 42.5. The van der Waals surface area contributed by atoms with Gasteiger partial charge in [-0.2, -0.15) is 0 Å². The number of rotatable bonds is 45. The van der Waals surface area contributed by atoms with Crippen LogP contribution in [0.4, 0.5) is 0 Å². The van der Waals surface area contributed by atoms with Gasteiger partial charge in [-0.1, -0.05) is 173 Å². The maximum absolute atomic E-state index is 12.8. The van der Waals surface area contributed by atoms with Crippen molar-refractivity contribution in [1.29, 1.82) is 0 Å². The number of ether oxygens (including phenoxy) is 3. The molecule has 0 N–H and O–H groups in total. The lowest BCUT2D eigenvalue weighted by molar-refractivity contribution is -0.889. The summed E-state index contributed by atoms with van der Waals surface area (Å²) in [5.41, 5.74) is 0. The Morgan fingerprint density at radius 2 is 0.847 bits per heavy atom. The number of hydrogen-bond donors (Lipinski definition) is 0. The summed E-state index contributed by atoms with van der Waals surface area (Å²) in [7, 11) is 5.41. The molecule has 0 saturated carbocycles. The number of unbranched alkanes of at least 4 members (excludes halogenated alkanes) is 27. The van der Waals surface area contributed by atoms with Crippen molar-refractivity contribution >= 4 is 17.9 Å². The van der Waals surface area contributed by atoms with E-state index >= 15 is 0 Å². The Kier molecular flexibility index (Phi) is 40.9. The van der Waals surface area contributed by atoms with Gasteiger partial charge in [-0.25, -0.2) is 0 Å². The lowest BCUT2D eigenvalue weighted by Gasteiger charge is -2.34. The normalized spacial score (nSPS) is 13.0. The number of hydrogen-bond acceptors (Lipinski definition) is 7. The van der Waals surface area contributed by atoms with Crippen LogP contribution in [0.2, 0.25) is 0 Å². The standard InChI is InChI=1S/C51H95NO7/c1-6-8-10-12-14-16-18-20-22-24-26-28-30-32-34-36-38-40-42-50(54)59-47(45-57-44-43-48(51(55)56)52(3,4)5)46-58-49(53)41-39-37-35-33-31-29-27-25-23-21-19-17-15-13-11-9-7-2/h21,23,26,28,47-48H,6-20,22,24-25,27,29-46H2,1-5H3/b23-21+,28-26+. The number of nitrogens with zero attached hydrogens (tertiary/aromatic N) is 1. The van der Waals surface area contributed by atoms with Crippen molar-refractivity contribution in [3.05, 3.63) is 24.3 Å². The molecule has 0 rings (SSSR count). The van der Waals surface area contributed by atoms with Crippen LogP contribution in [-0.2, 0) is 28.6 Å². The molecule has 59 heavy (non-hydrogen) atoms. The average Bonchev–Trinajstić information content (AvgIpc) is 3.19. The fraction of sp³-hybridized carbons (Fsp3) is 0.863. The third-order valence-electron chi connectivity index (χ3n) is 11.3. The van der Waals surface area contributed by atoms with Gasteiger partial charge in [-0.3, -0.25) is 9.59 Å². The number of carboxylic acids is 1. The van der Waals surface area contributed by atoms with Gasteiger partial charge in [0.2, 0.25) is 0 Å². The van der Waals surface area contributed by atoms with Crippen LogP contribution in [0.25, 0.3) is 0 Å². The lowest BCUT2D eigenvalue weighted by Crippen LogP contribution is -2.55. The van der Waals surface area contributed by atoms with E-state index in [0.717, 1.165) is 51.4 Å². The average molecular weight is 834 g/mol. The van der Waals surface area contributed by atoms with E-state index in [1.165, 1.54) is 148 Å². The fourth-order valence-electron chi connectivity index (χ4n) is 7.41. The molecular formula is C51H95NO7. The quantitative estimate of drug-likeness (QED) is 0.0260. The van der Waals surface area contributed by atoms with Gasteiger partial charge in [0.05, 0.1) is 40.3 Å². The van der Waals surface area contributed by atoms with Crippen LogP contribution in [0, 0.1) is 0 Å². The molecule has 0 aliphatic heterocycles. The zero-order chi connectivity index (χ0) is 43.5. The number of carbonyl (C=O) groups excluding carboxylic acids is 3. The molecule has 346 valence electrons. The van der Waals surface area contributed by atoms with Crippen LogP contribution in [0.5, 0.6) is 0 Å². The van der Waals surface area contributed by atoms with Crippen molar-refractivity contribution in [2.24, 2.45) is 0 Å². The topological polar surface area (TPSA) is 102 Å². The smallest absolute Gasteiger partial charge is 0.306 e. The van der Waals surface area contributed by atoms with E-state index in [0.29, 0.717) is 12.8 Å². The first kappa shape index (κ1) is 56.8. The SMILES string of the molecule is CCCCCCCC/C=C/CCCCCCCCCC(=O)OCC(COCCC(C(=O)[O-])[N+](C)(C)C)OC(=O)CCCCCCC/C=C/CCCCCCCCCCC. The van der Waals surface area contributed by atoms with Gasteiger partial charge in [0.15, 0.2) is 6.10 Å². The number of carbonyl (C=O) groups is 3. The molecule has 2 unspecified atom stereocenters. The second-order valence-corrected chi connectivity index (χ2v) is 18.0. The van der Waals surface area contributed by atoms with Gasteiger partial charge in [-0.15, -0.1) is 0 Å². The Balaban J connectivity index is 4.28. The predicted octanol–water partition coefficient (Wildman–Crippen LogP) is 12.7. The molecule has 8 heteroatoms. The summed E-state index contributed by atoms with van der Waals surface area (Å²) in [5, 5.41) is 11.6. The maximum Gasteiger partial charge on any atom is 0.306 e. The van der Waals surface area contributed by atoms with Crippen molar-refractivity contribution < 1.29 is 38.2 Å². The van der Waals surface area contributed by atoms with Gasteiger partial charge >= 0.3 is 11.9 Å². The predicted molar refractivity (Wildman–Crippen MR) is 245 cm³/mol. The molecule has 2 atom stereocenters. The molecule has 0 aliphatic carbocycles. The molecule has 0 saturated heterocycles. The van der Waals surface area contributed by atoms with Crippen LogP contribution in [-0.4, -0.2) is 75.5 Å². The van der Waals surface area contributed by atoms with Gasteiger partial charge < -0.3 is 28.6 Å². The monoisotopic (exact) mass is 834 g/mol. The van der Waals surface area contributed by atoms with Crippen molar-refractivity contribution in [3.63, 3.8) is 0 Å². The number of carboxylic acid groups (broad SMARTS) is 1. The molecule has 0 radical (unpaired) electrons. The highest BCUT2D eigenvalue weighted by Crippen LogP contribution is 2.15. The first-order chi connectivity index (χ1) is 28.6. The molecule has 8 nitrogen and oxygen atoms in total. The summed E-state index contributed by atoms with van der Waals surface area (Å²) in [4.78, 5) is 37.0. The molecule has 0 spiro atoms. The van der Waals surface area contributed by atoms with Crippen molar-refractivity contribution in [2.45, 2.75) is 244 Å². The largest absolute Gasteiger partial charge is 0.544 e. The summed E-state index contributed by atoms with van der Waals surface area (Å²) >= 11 is 0. The fourth-order valence-corrected chi connectivity index (χ4v) is 7.41. The number of esters is 2. The Morgan fingerprint density at radius 3 is 1.22 bits per heavy atom. The van der Waals surface area contributed by atoms with Crippen LogP contribution < -0.4 is 5.11 Å². The number of likely N-dealkylation sites (N-methyl/N-ethyl adjacent to an activating group) is 1. The molecule has 0 aromatic heterocycles. The van der Waals surface area contributed by atoms with Crippen molar-refractivity contribution in [3.8, 4) is 0 Å². The highest BCUT2D eigenvalue weighted by atomic mass is 16.6. The van der Waals surface area contributed by atoms with E-state index in [1.807, 2.05) is 0 Å². The second-order valence-electron chi connectivity index (χ2n) is 18.0. The molecule has 0 aromatic carbocycles. The molecule has 0 aromatic rings. The molecule has 0 amide bonds. The van der Waals surface area contributed by atoms with E-state index in [1.54, 1.807) is 21.1 Å².